The summed E-state index contributed by atoms with van der Waals surface area (Å²) in [5.74, 6) is 0. The molecule has 1 aliphatic heterocycles. The second kappa shape index (κ2) is 4.06. The predicted octanol–water partition coefficient (Wildman–Crippen LogP) is 3.13. The molecule has 1 aromatic rings. The quantitative estimate of drug-likeness (QED) is 0.648. The minimum atomic E-state index is -1.04. The number of hydrogen-bond acceptors (Lipinski definition) is 0. The summed E-state index contributed by atoms with van der Waals surface area (Å²) in [6.45, 7) is 9.26. The fourth-order valence-electron chi connectivity index (χ4n) is 2.67. The van der Waals surface area contributed by atoms with E-state index in [4.69, 9.17) is 0 Å². The van der Waals surface area contributed by atoms with Gasteiger partial charge in [-0.1, -0.05) is 78.8 Å². The van der Waals surface area contributed by atoms with E-state index in [-0.39, 0.29) is 0 Å². The Hall–Kier alpha value is -1.08. The van der Waals surface area contributed by atoms with Gasteiger partial charge in [0.2, 0.25) is 0 Å². The van der Waals surface area contributed by atoms with Gasteiger partial charge in [-0.2, -0.15) is 0 Å². The lowest BCUT2D eigenvalue weighted by Gasteiger charge is -2.27. The first-order valence-electron chi connectivity index (χ1n) is 5.94. The molecule has 0 aliphatic carbocycles. The van der Waals surface area contributed by atoms with Crippen molar-refractivity contribution in [2.75, 3.05) is 0 Å². The van der Waals surface area contributed by atoms with E-state index in [9.17, 15) is 0 Å². The molecule has 0 fully saturated rings. The van der Waals surface area contributed by atoms with E-state index in [1.165, 1.54) is 5.57 Å². The van der Waals surface area contributed by atoms with Gasteiger partial charge in [-0.05, 0) is 12.3 Å². The van der Waals surface area contributed by atoms with Crippen LogP contribution in [0.1, 0.15) is 27.7 Å². The number of rotatable bonds is 1. The number of hydrogen-bond donors (Lipinski definition) is 0. The number of benzene rings is 1. The molecular formula is C15H20Si. The van der Waals surface area contributed by atoms with Crippen molar-refractivity contribution in [3.05, 3.63) is 52.9 Å². The summed E-state index contributed by atoms with van der Waals surface area (Å²) in [6.07, 6.45) is 2.32. The van der Waals surface area contributed by atoms with Crippen LogP contribution in [0.15, 0.2) is 52.9 Å². The molecule has 1 atom stereocenters. The molecular weight excluding hydrogens is 208 g/mol. The summed E-state index contributed by atoms with van der Waals surface area (Å²) in [5.41, 5.74) is 4.26. The molecule has 0 saturated carbocycles. The molecule has 0 bridgehead atoms. The van der Waals surface area contributed by atoms with Crippen molar-refractivity contribution in [1.29, 1.82) is 0 Å². The topological polar surface area (TPSA) is 0 Å². The Bertz CT molecular complexity index is 432. The van der Waals surface area contributed by atoms with Crippen molar-refractivity contribution in [2.45, 2.75) is 27.7 Å². The van der Waals surface area contributed by atoms with Crippen LogP contribution in [0.4, 0.5) is 0 Å². The van der Waals surface area contributed by atoms with Crippen LogP contribution >= 0.6 is 0 Å². The smallest absolute Gasteiger partial charge is 0.0888 e. The third-order valence-electron chi connectivity index (χ3n) is 3.24. The highest BCUT2D eigenvalue weighted by Gasteiger charge is 2.30. The first kappa shape index (κ1) is 11.4. The van der Waals surface area contributed by atoms with Gasteiger partial charge in [0.25, 0.3) is 0 Å². The lowest BCUT2D eigenvalue weighted by Crippen LogP contribution is -2.34. The van der Waals surface area contributed by atoms with Gasteiger partial charge in [-0.25, -0.2) is 0 Å². The first-order valence-corrected chi connectivity index (χ1v) is 7.76. The van der Waals surface area contributed by atoms with E-state index in [0.717, 1.165) is 0 Å². The van der Waals surface area contributed by atoms with E-state index < -0.39 is 8.80 Å². The standard InChI is InChI=1S/C15H20Si/c1-12-10-11-16(14(12)15(2,3)4)13-8-6-5-7-9-13/h5-11,16H,1-4H3. The van der Waals surface area contributed by atoms with Crippen molar-refractivity contribution < 1.29 is 0 Å². The lowest BCUT2D eigenvalue weighted by molar-refractivity contribution is 0.526. The summed E-state index contributed by atoms with van der Waals surface area (Å²) in [4.78, 5) is 0. The number of allylic oxidation sites excluding steroid dienone is 3. The predicted molar refractivity (Wildman–Crippen MR) is 74.5 cm³/mol. The van der Waals surface area contributed by atoms with Crippen LogP contribution in [0.3, 0.4) is 0 Å². The molecule has 0 aromatic heterocycles. The van der Waals surface area contributed by atoms with Crippen LogP contribution in [-0.4, -0.2) is 8.80 Å². The van der Waals surface area contributed by atoms with E-state index in [1.807, 2.05) is 0 Å². The minimum Gasteiger partial charge on any atom is -0.0888 e. The first-order chi connectivity index (χ1) is 7.50. The largest absolute Gasteiger partial charge is 0.121 e. The van der Waals surface area contributed by atoms with Gasteiger partial charge in [0, 0.05) is 0 Å². The monoisotopic (exact) mass is 228 g/mol. The minimum absolute atomic E-state index is 0.306. The summed E-state index contributed by atoms with van der Waals surface area (Å²) in [6, 6.07) is 11.0. The van der Waals surface area contributed by atoms with Crippen molar-refractivity contribution in [2.24, 2.45) is 5.41 Å². The molecule has 1 heteroatoms. The highest BCUT2D eigenvalue weighted by atomic mass is 28.3. The molecule has 0 radical (unpaired) electrons. The van der Waals surface area contributed by atoms with Crippen LogP contribution < -0.4 is 5.19 Å². The maximum Gasteiger partial charge on any atom is 0.121 e. The Kier molecular flexibility index (Phi) is 2.89. The molecule has 0 saturated heterocycles. The third kappa shape index (κ3) is 2.05. The highest BCUT2D eigenvalue weighted by Crippen LogP contribution is 2.34. The maximum absolute atomic E-state index is 2.46. The average Bonchev–Trinajstić information content (AvgIpc) is 2.61. The molecule has 16 heavy (non-hydrogen) atoms. The molecule has 0 spiro atoms. The van der Waals surface area contributed by atoms with Gasteiger partial charge in [0.05, 0.1) is 0 Å². The highest BCUT2D eigenvalue weighted by molar-refractivity contribution is 6.85. The van der Waals surface area contributed by atoms with Crippen molar-refractivity contribution in [3.63, 3.8) is 0 Å². The normalized spacial score (nSPS) is 20.6. The third-order valence-corrected chi connectivity index (χ3v) is 6.87. The van der Waals surface area contributed by atoms with Gasteiger partial charge in [0.1, 0.15) is 8.80 Å². The van der Waals surface area contributed by atoms with E-state index in [2.05, 4.69) is 69.8 Å². The zero-order valence-electron chi connectivity index (χ0n) is 10.6. The van der Waals surface area contributed by atoms with Crippen LogP contribution in [0.2, 0.25) is 0 Å². The molecule has 1 aliphatic rings. The van der Waals surface area contributed by atoms with Gasteiger partial charge >= 0.3 is 0 Å². The van der Waals surface area contributed by atoms with Crippen LogP contribution in [0.5, 0.6) is 0 Å². The molecule has 1 heterocycles. The molecule has 84 valence electrons. The van der Waals surface area contributed by atoms with E-state index in [1.54, 1.807) is 10.4 Å². The SMILES string of the molecule is CC1=C(C(C)(C)C)[SiH](c2ccccc2)C=C1. The lowest BCUT2D eigenvalue weighted by atomic mass is 9.93. The maximum atomic E-state index is 2.46. The molecule has 2 rings (SSSR count). The Labute approximate surface area is 100 Å². The van der Waals surface area contributed by atoms with Gasteiger partial charge < -0.3 is 0 Å². The van der Waals surface area contributed by atoms with Crippen LogP contribution in [0.25, 0.3) is 0 Å². The fourth-order valence-corrected chi connectivity index (χ4v) is 6.05. The summed E-state index contributed by atoms with van der Waals surface area (Å²) >= 11 is 0. The Morgan fingerprint density at radius 1 is 1.00 bits per heavy atom. The zero-order valence-corrected chi connectivity index (χ0v) is 11.8. The van der Waals surface area contributed by atoms with Crippen LogP contribution in [-0.2, 0) is 0 Å². The molecule has 0 amide bonds. The second-order valence-corrected chi connectivity index (χ2v) is 8.18. The second-order valence-electron chi connectivity index (χ2n) is 5.59. The van der Waals surface area contributed by atoms with Crippen molar-refractivity contribution >= 4 is 14.0 Å². The fraction of sp³-hybridized carbons (Fsp3) is 0.333. The zero-order chi connectivity index (χ0) is 11.8. The van der Waals surface area contributed by atoms with Crippen molar-refractivity contribution in [3.8, 4) is 0 Å². The molecule has 0 N–H and O–H groups in total. The van der Waals surface area contributed by atoms with Gasteiger partial charge in [0.15, 0.2) is 0 Å². The van der Waals surface area contributed by atoms with Crippen LogP contribution in [0, 0.1) is 5.41 Å². The van der Waals surface area contributed by atoms with Gasteiger partial charge in [-0.15, -0.1) is 0 Å². The Morgan fingerprint density at radius 2 is 1.62 bits per heavy atom. The summed E-state index contributed by atoms with van der Waals surface area (Å²) in [7, 11) is -1.04. The van der Waals surface area contributed by atoms with E-state index >= 15 is 0 Å². The molecule has 0 nitrogen and oxygen atoms in total. The van der Waals surface area contributed by atoms with E-state index in [0.29, 0.717) is 5.41 Å². The average molecular weight is 228 g/mol. The Balaban J connectivity index is 2.42. The van der Waals surface area contributed by atoms with Gasteiger partial charge in [-0.3, -0.25) is 0 Å². The molecule has 1 aromatic carbocycles. The Morgan fingerprint density at radius 3 is 2.19 bits per heavy atom. The van der Waals surface area contributed by atoms with Crippen molar-refractivity contribution in [1.82, 2.24) is 0 Å². The summed E-state index contributed by atoms with van der Waals surface area (Å²) < 4.78 is 0. The molecule has 1 unspecified atom stereocenters. The summed E-state index contributed by atoms with van der Waals surface area (Å²) in [5, 5.41) is 3.24.